The van der Waals surface area contributed by atoms with E-state index < -0.39 is 0 Å². The zero-order chi connectivity index (χ0) is 16.7. The molecule has 0 heterocycles. The molecule has 0 N–H and O–H groups in total. The summed E-state index contributed by atoms with van der Waals surface area (Å²) in [5.41, 5.74) is 0.993. The fourth-order valence-corrected chi connectivity index (χ4v) is 2.67. The Morgan fingerprint density at radius 3 is 1.61 bits per heavy atom. The Balaban J connectivity index is 1.82. The number of aldehydes is 2. The molecule has 0 aliphatic carbocycles. The Labute approximate surface area is 151 Å². The van der Waals surface area contributed by atoms with Crippen LogP contribution in [0.2, 0.25) is 0 Å². The molecule has 0 saturated carbocycles. The number of carbonyl (C=O) groups is 2. The van der Waals surface area contributed by atoms with Gasteiger partial charge in [-0.2, -0.15) is 0 Å². The maximum atomic E-state index is 11.0. The maximum absolute atomic E-state index is 11.0. The monoisotopic (exact) mass is 440 g/mol. The molecule has 0 spiro atoms. The van der Waals surface area contributed by atoms with Crippen molar-refractivity contribution in [3.8, 4) is 11.5 Å². The second-order valence-corrected chi connectivity index (χ2v) is 6.48. The Kier molecular flexibility index (Phi) is 6.80. The van der Waals surface area contributed by atoms with Crippen molar-refractivity contribution in [1.82, 2.24) is 0 Å². The number of rotatable bonds is 8. The zero-order valence-electron chi connectivity index (χ0n) is 12.1. The third-order valence-electron chi connectivity index (χ3n) is 3.00. The lowest BCUT2D eigenvalue weighted by atomic mass is 10.2. The molecule has 6 heteroatoms. The molecule has 23 heavy (non-hydrogen) atoms. The fourth-order valence-electron chi connectivity index (χ4n) is 1.91. The lowest BCUT2D eigenvalue weighted by Gasteiger charge is -2.11. The molecule has 0 amide bonds. The smallest absolute Gasteiger partial charge is 0.153 e. The molecule has 0 aliphatic rings. The Hall–Kier alpha value is -1.66. The quantitative estimate of drug-likeness (QED) is 0.440. The summed E-state index contributed by atoms with van der Waals surface area (Å²) in [5, 5.41) is 0. The number of hydrogen-bond acceptors (Lipinski definition) is 4. The highest BCUT2D eigenvalue weighted by molar-refractivity contribution is 9.10. The number of carbonyl (C=O) groups excluding carboxylic acids is 2. The SMILES string of the molecule is O=Cc1cc(Br)ccc1OCCCOc1ccc(Br)cc1C=O. The van der Waals surface area contributed by atoms with Crippen LogP contribution in [0.25, 0.3) is 0 Å². The van der Waals surface area contributed by atoms with E-state index in [2.05, 4.69) is 31.9 Å². The molecular formula is C17H14Br2O4. The highest BCUT2D eigenvalue weighted by Crippen LogP contribution is 2.23. The van der Waals surface area contributed by atoms with E-state index in [4.69, 9.17) is 9.47 Å². The molecule has 0 aromatic heterocycles. The van der Waals surface area contributed by atoms with Gasteiger partial charge in [0.15, 0.2) is 12.6 Å². The highest BCUT2D eigenvalue weighted by Gasteiger charge is 2.05. The normalized spacial score (nSPS) is 10.2. The Bertz CT molecular complexity index is 641. The van der Waals surface area contributed by atoms with Crippen LogP contribution in [0.15, 0.2) is 45.3 Å². The van der Waals surface area contributed by atoms with Gasteiger partial charge < -0.3 is 9.47 Å². The molecule has 2 rings (SSSR count). The van der Waals surface area contributed by atoms with Crippen molar-refractivity contribution in [2.24, 2.45) is 0 Å². The molecule has 2 aromatic carbocycles. The minimum absolute atomic E-state index is 0.412. The van der Waals surface area contributed by atoms with E-state index in [9.17, 15) is 9.59 Å². The van der Waals surface area contributed by atoms with E-state index in [1.54, 1.807) is 24.3 Å². The maximum Gasteiger partial charge on any atom is 0.153 e. The minimum atomic E-state index is 0.412. The van der Waals surface area contributed by atoms with E-state index in [1.165, 1.54) is 0 Å². The summed E-state index contributed by atoms with van der Waals surface area (Å²) in [7, 11) is 0. The van der Waals surface area contributed by atoms with Crippen LogP contribution in [0, 0.1) is 0 Å². The fraction of sp³-hybridized carbons (Fsp3) is 0.176. The molecule has 0 fully saturated rings. The largest absolute Gasteiger partial charge is 0.493 e. The standard InChI is InChI=1S/C17H14Br2O4/c18-14-2-4-16(12(8-14)10-20)22-6-1-7-23-17-5-3-15(19)9-13(17)11-21/h2-5,8-11H,1,6-7H2. The molecule has 0 bridgehead atoms. The molecule has 120 valence electrons. The predicted molar refractivity (Wildman–Crippen MR) is 94.7 cm³/mol. The van der Waals surface area contributed by atoms with Gasteiger partial charge in [-0.1, -0.05) is 31.9 Å². The van der Waals surface area contributed by atoms with Crippen molar-refractivity contribution < 1.29 is 19.1 Å². The van der Waals surface area contributed by atoms with Crippen LogP contribution in [0.3, 0.4) is 0 Å². The lowest BCUT2D eigenvalue weighted by Crippen LogP contribution is -2.07. The van der Waals surface area contributed by atoms with Gasteiger partial charge in [0.2, 0.25) is 0 Å². The van der Waals surface area contributed by atoms with Crippen LogP contribution in [0.5, 0.6) is 11.5 Å². The van der Waals surface area contributed by atoms with E-state index >= 15 is 0 Å². The van der Waals surface area contributed by atoms with Gasteiger partial charge in [0, 0.05) is 15.4 Å². The van der Waals surface area contributed by atoms with Crippen LogP contribution < -0.4 is 9.47 Å². The summed E-state index contributed by atoms with van der Waals surface area (Å²) >= 11 is 6.62. The first-order valence-corrected chi connectivity index (χ1v) is 8.47. The number of ether oxygens (including phenoxy) is 2. The van der Waals surface area contributed by atoms with Crippen LogP contribution in [-0.4, -0.2) is 25.8 Å². The van der Waals surface area contributed by atoms with Gasteiger partial charge in [-0.3, -0.25) is 9.59 Å². The summed E-state index contributed by atoms with van der Waals surface area (Å²) in [5.74, 6) is 1.08. The Morgan fingerprint density at radius 1 is 0.783 bits per heavy atom. The molecule has 0 radical (unpaired) electrons. The first-order valence-electron chi connectivity index (χ1n) is 6.89. The average molecular weight is 442 g/mol. The van der Waals surface area contributed by atoms with Gasteiger partial charge in [-0.05, 0) is 36.4 Å². The van der Waals surface area contributed by atoms with E-state index in [-0.39, 0.29) is 0 Å². The molecule has 0 unspecified atom stereocenters. The zero-order valence-corrected chi connectivity index (χ0v) is 15.3. The van der Waals surface area contributed by atoms with Crippen molar-refractivity contribution in [3.05, 3.63) is 56.5 Å². The third kappa shape index (κ3) is 5.18. The molecule has 0 saturated heterocycles. The second-order valence-electron chi connectivity index (χ2n) is 4.65. The molecule has 4 nitrogen and oxygen atoms in total. The first-order chi connectivity index (χ1) is 11.1. The highest BCUT2D eigenvalue weighted by atomic mass is 79.9. The van der Waals surface area contributed by atoms with Gasteiger partial charge in [-0.15, -0.1) is 0 Å². The van der Waals surface area contributed by atoms with Crippen molar-refractivity contribution in [2.45, 2.75) is 6.42 Å². The van der Waals surface area contributed by atoms with Gasteiger partial charge in [0.25, 0.3) is 0 Å². The second kappa shape index (κ2) is 8.84. The van der Waals surface area contributed by atoms with Crippen LogP contribution in [0.4, 0.5) is 0 Å². The summed E-state index contributed by atoms with van der Waals surface area (Å²) in [6.07, 6.45) is 2.15. The number of hydrogen-bond donors (Lipinski definition) is 0. The summed E-state index contributed by atoms with van der Waals surface area (Å²) in [6, 6.07) is 10.5. The lowest BCUT2D eigenvalue weighted by molar-refractivity contribution is 0.111. The molecular weight excluding hydrogens is 428 g/mol. The van der Waals surface area contributed by atoms with Gasteiger partial charge in [0.1, 0.15) is 11.5 Å². The predicted octanol–water partition coefficient (Wildman–Crippen LogP) is 4.68. The molecule has 0 aliphatic heterocycles. The molecule has 2 aromatic rings. The Morgan fingerprint density at radius 2 is 1.22 bits per heavy atom. The van der Waals surface area contributed by atoms with E-state index in [0.29, 0.717) is 42.3 Å². The van der Waals surface area contributed by atoms with Crippen molar-refractivity contribution in [1.29, 1.82) is 0 Å². The minimum Gasteiger partial charge on any atom is -0.493 e. The number of halogens is 2. The van der Waals surface area contributed by atoms with E-state index in [1.807, 2.05) is 12.1 Å². The first kappa shape index (κ1) is 17.7. The van der Waals surface area contributed by atoms with Crippen LogP contribution in [0.1, 0.15) is 27.1 Å². The topological polar surface area (TPSA) is 52.6 Å². The van der Waals surface area contributed by atoms with Crippen molar-refractivity contribution in [3.63, 3.8) is 0 Å². The summed E-state index contributed by atoms with van der Waals surface area (Å²) in [4.78, 5) is 22.0. The third-order valence-corrected chi connectivity index (χ3v) is 3.99. The van der Waals surface area contributed by atoms with Gasteiger partial charge >= 0.3 is 0 Å². The summed E-state index contributed by atoms with van der Waals surface area (Å²) in [6.45, 7) is 0.824. The number of benzene rings is 2. The van der Waals surface area contributed by atoms with Crippen LogP contribution in [-0.2, 0) is 0 Å². The average Bonchev–Trinajstić information content (AvgIpc) is 2.56. The van der Waals surface area contributed by atoms with E-state index in [0.717, 1.165) is 21.5 Å². The van der Waals surface area contributed by atoms with Crippen LogP contribution >= 0.6 is 31.9 Å². The van der Waals surface area contributed by atoms with Gasteiger partial charge in [0.05, 0.1) is 24.3 Å². The van der Waals surface area contributed by atoms with Crippen molar-refractivity contribution >= 4 is 44.4 Å². The van der Waals surface area contributed by atoms with Gasteiger partial charge in [-0.25, -0.2) is 0 Å². The summed E-state index contributed by atoms with van der Waals surface area (Å²) < 4.78 is 12.8. The van der Waals surface area contributed by atoms with Crippen molar-refractivity contribution in [2.75, 3.05) is 13.2 Å². The molecule has 0 atom stereocenters.